The molecule has 0 atom stereocenters. The van der Waals surface area contributed by atoms with Crippen LogP contribution in [-0.4, -0.2) is 43.9 Å². The van der Waals surface area contributed by atoms with Crippen LogP contribution in [0.15, 0.2) is 29.2 Å². The topological polar surface area (TPSA) is 53.5 Å². The van der Waals surface area contributed by atoms with Crippen molar-refractivity contribution in [2.45, 2.75) is 11.1 Å². The quantitative estimate of drug-likeness (QED) is 0.540. The number of rotatable bonds is 3. The van der Waals surface area contributed by atoms with Gasteiger partial charge in [-0.15, -0.1) is 0 Å². The van der Waals surface area contributed by atoms with Gasteiger partial charge in [-0.25, -0.2) is 8.42 Å². The molecule has 0 spiro atoms. The van der Waals surface area contributed by atoms with Crippen molar-refractivity contribution in [2.75, 3.05) is 31.1 Å². The van der Waals surface area contributed by atoms with Gasteiger partial charge in [0.2, 0.25) is 21.7 Å². The molecule has 5 nitrogen and oxygen atoms in total. The van der Waals surface area contributed by atoms with Crippen molar-refractivity contribution < 1.29 is 39.2 Å². The van der Waals surface area contributed by atoms with Crippen LogP contribution in [0.5, 0.6) is 0 Å². The molecule has 1 aliphatic rings. The molecular formula is C16H12F7N3O2S. The lowest BCUT2D eigenvalue weighted by atomic mass is 10.2. The Hall–Kier alpha value is -2.41. The van der Waals surface area contributed by atoms with Gasteiger partial charge in [-0.05, 0) is 24.3 Å². The number of hydrogen-bond donors (Lipinski definition) is 0. The van der Waals surface area contributed by atoms with E-state index >= 15 is 0 Å². The van der Waals surface area contributed by atoms with E-state index in [4.69, 9.17) is 0 Å². The van der Waals surface area contributed by atoms with Gasteiger partial charge in [0.25, 0.3) is 11.9 Å². The molecule has 2 heterocycles. The van der Waals surface area contributed by atoms with E-state index in [9.17, 15) is 39.2 Å². The number of aromatic nitrogens is 1. The molecular weight excluding hydrogens is 431 g/mol. The predicted octanol–water partition coefficient (Wildman–Crippen LogP) is 3.17. The molecule has 1 aromatic carbocycles. The van der Waals surface area contributed by atoms with E-state index in [1.165, 1.54) is 0 Å². The van der Waals surface area contributed by atoms with Crippen LogP contribution in [-0.2, 0) is 16.2 Å². The Balaban J connectivity index is 1.79. The summed E-state index contributed by atoms with van der Waals surface area (Å²) in [6.45, 7) is -1.24. The summed E-state index contributed by atoms with van der Waals surface area (Å²) in [4.78, 5) is 2.99. The first kappa shape index (κ1) is 21.3. The van der Waals surface area contributed by atoms with Gasteiger partial charge in [0.15, 0.2) is 0 Å². The van der Waals surface area contributed by atoms with Crippen molar-refractivity contribution in [3.8, 4) is 0 Å². The number of pyridine rings is 1. The monoisotopic (exact) mass is 443 g/mol. The Labute approximate surface area is 160 Å². The van der Waals surface area contributed by atoms with Gasteiger partial charge < -0.3 is 4.90 Å². The van der Waals surface area contributed by atoms with Gasteiger partial charge in [0.1, 0.15) is 5.69 Å². The fourth-order valence-corrected chi connectivity index (χ4v) is 4.29. The first-order valence-corrected chi connectivity index (χ1v) is 9.49. The van der Waals surface area contributed by atoms with Crippen LogP contribution in [0.4, 0.5) is 36.4 Å². The number of halogens is 7. The highest BCUT2D eigenvalue weighted by Gasteiger charge is 2.34. The molecule has 0 saturated carbocycles. The maximum atomic E-state index is 13.8. The number of anilines is 1. The summed E-state index contributed by atoms with van der Waals surface area (Å²) in [5.41, 5.74) is -2.02. The van der Waals surface area contributed by atoms with Crippen molar-refractivity contribution in [1.29, 1.82) is 0 Å². The van der Waals surface area contributed by atoms with Gasteiger partial charge in [-0.3, -0.25) is 0 Å². The van der Waals surface area contributed by atoms with Gasteiger partial charge in [-0.2, -0.15) is 40.0 Å². The summed E-state index contributed by atoms with van der Waals surface area (Å²) in [7, 11) is -4.18. The third kappa shape index (κ3) is 4.01. The van der Waals surface area contributed by atoms with E-state index in [0.29, 0.717) is 12.1 Å². The zero-order valence-electron chi connectivity index (χ0n) is 14.3. The Kier molecular flexibility index (Phi) is 5.47. The van der Waals surface area contributed by atoms with Crippen molar-refractivity contribution in [1.82, 2.24) is 9.29 Å². The molecule has 158 valence electrons. The number of alkyl halides is 3. The zero-order chi connectivity index (χ0) is 21.6. The Bertz CT molecular complexity index is 992. The second-order valence-corrected chi connectivity index (χ2v) is 8.02. The molecule has 13 heteroatoms. The largest absolute Gasteiger partial charge is 0.416 e. The number of nitrogens with zero attached hydrogens (tertiary/aromatic N) is 3. The van der Waals surface area contributed by atoms with Gasteiger partial charge in [-0.1, -0.05) is 0 Å². The average molecular weight is 443 g/mol. The standard InChI is InChI=1S/C16H12F7N3O2S/c17-11-13(12(18)15(20)24-14(11)19)25-5-7-26(8-6-25)29(27,28)10-3-1-9(2-4-10)16(21,22)23/h1-4H,5-8H2. The Morgan fingerprint density at radius 2 is 1.31 bits per heavy atom. The lowest BCUT2D eigenvalue weighted by molar-refractivity contribution is -0.137. The van der Waals surface area contributed by atoms with E-state index in [-0.39, 0.29) is 26.2 Å². The van der Waals surface area contributed by atoms with E-state index in [0.717, 1.165) is 21.3 Å². The smallest absolute Gasteiger partial charge is 0.364 e. The van der Waals surface area contributed by atoms with Crippen molar-refractivity contribution >= 4 is 15.7 Å². The number of hydrogen-bond acceptors (Lipinski definition) is 4. The third-order valence-electron chi connectivity index (χ3n) is 4.35. The minimum Gasteiger partial charge on any atom is -0.364 e. The van der Waals surface area contributed by atoms with E-state index in [1.54, 1.807) is 0 Å². The van der Waals surface area contributed by atoms with Crippen LogP contribution in [0.2, 0.25) is 0 Å². The number of benzene rings is 1. The van der Waals surface area contributed by atoms with Crippen molar-refractivity contribution in [3.05, 3.63) is 53.4 Å². The van der Waals surface area contributed by atoms with Gasteiger partial charge in [0.05, 0.1) is 10.5 Å². The van der Waals surface area contributed by atoms with Crippen LogP contribution in [0, 0.1) is 23.5 Å². The molecule has 3 rings (SSSR count). The summed E-state index contributed by atoms with van der Waals surface area (Å²) in [5.74, 6) is -7.08. The second-order valence-electron chi connectivity index (χ2n) is 6.08. The van der Waals surface area contributed by atoms with Crippen LogP contribution < -0.4 is 4.90 Å². The highest BCUT2D eigenvalue weighted by molar-refractivity contribution is 7.89. The number of piperazine rings is 1. The highest BCUT2D eigenvalue weighted by atomic mass is 32.2. The molecule has 0 aliphatic carbocycles. The molecule has 29 heavy (non-hydrogen) atoms. The molecule has 1 saturated heterocycles. The third-order valence-corrected chi connectivity index (χ3v) is 6.26. The predicted molar refractivity (Wildman–Crippen MR) is 86.5 cm³/mol. The molecule has 0 N–H and O–H groups in total. The lowest BCUT2D eigenvalue weighted by Crippen LogP contribution is -2.49. The second kappa shape index (κ2) is 7.44. The zero-order valence-corrected chi connectivity index (χ0v) is 15.2. The van der Waals surface area contributed by atoms with Crippen molar-refractivity contribution in [3.63, 3.8) is 0 Å². The minimum atomic E-state index is -4.63. The Morgan fingerprint density at radius 3 is 1.76 bits per heavy atom. The molecule has 1 fully saturated rings. The summed E-state index contributed by atoms with van der Waals surface area (Å²) in [6.07, 6.45) is -4.63. The fraction of sp³-hybridized carbons (Fsp3) is 0.312. The van der Waals surface area contributed by atoms with Gasteiger partial charge in [0, 0.05) is 26.2 Å². The normalized spacial score (nSPS) is 16.3. The minimum absolute atomic E-state index is 0.309. The maximum absolute atomic E-state index is 13.8. The van der Waals surface area contributed by atoms with Crippen LogP contribution in [0.25, 0.3) is 0 Å². The highest BCUT2D eigenvalue weighted by Crippen LogP contribution is 2.31. The molecule has 1 aromatic heterocycles. The summed E-state index contributed by atoms with van der Waals surface area (Å²) in [5, 5.41) is 0. The maximum Gasteiger partial charge on any atom is 0.416 e. The molecule has 0 radical (unpaired) electrons. The van der Waals surface area contributed by atoms with E-state index in [1.807, 2.05) is 0 Å². The summed E-state index contributed by atoms with van der Waals surface area (Å²) < 4.78 is 118. The molecule has 0 amide bonds. The van der Waals surface area contributed by atoms with Crippen LogP contribution >= 0.6 is 0 Å². The molecule has 2 aromatic rings. The average Bonchev–Trinajstić information content (AvgIpc) is 2.66. The van der Waals surface area contributed by atoms with E-state index in [2.05, 4.69) is 4.98 Å². The Morgan fingerprint density at radius 1 is 0.828 bits per heavy atom. The summed E-state index contributed by atoms with van der Waals surface area (Å²) in [6, 6.07) is 2.85. The first-order valence-electron chi connectivity index (χ1n) is 8.05. The summed E-state index contributed by atoms with van der Waals surface area (Å²) >= 11 is 0. The SMILES string of the molecule is O=S(=O)(c1ccc(C(F)(F)F)cc1)N1CCN(c2c(F)c(F)nc(F)c2F)CC1. The van der Waals surface area contributed by atoms with Crippen molar-refractivity contribution in [2.24, 2.45) is 0 Å². The first-order chi connectivity index (χ1) is 13.4. The van der Waals surface area contributed by atoms with Crippen LogP contribution in [0.1, 0.15) is 5.56 Å². The van der Waals surface area contributed by atoms with E-state index < -0.39 is 55.9 Å². The fourth-order valence-electron chi connectivity index (χ4n) is 2.87. The molecule has 0 bridgehead atoms. The lowest BCUT2D eigenvalue weighted by Gasteiger charge is -2.35. The number of sulfonamides is 1. The van der Waals surface area contributed by atoms with Crippen LogP contribution in [0.3, 0.4) is 0 Å². The van der Waals surface area contributed by atoms with Gasteiger partial charge >= 0.3 is 6.18 Å². The molecule has 0 unspecified atom stereocenters. The molecule has 1 aliphatic heterocycles.